The maximum atomic E-state index is 12.8. The van der Waals surface area contributed by atoms with Gasteiger partial charge in [-0.1, -0.05) is 12.5 Å². The fourth-order valence-electron chi connectivity index (χ4n) is 4.88. The summed E-state index contributed by atoms with van der Waals surface area (Å²) in [5.41, 5.74) is 1.91. The highest BCUT2D eigenvalue weighted by Gasteiger charge is 2.32. The van der Waals surface area contributed by atoms with Crippen molar-refractivity contribution in [2.24, 2.45) is 5.92 Å². The summed E-state index contributed by atoms with van der Waals surface area (Å²) in [5.74, 6) is 0.674. The van der Waals surface area contributed by atoms with Gasteiger partial charge < -0.3 is 14.8 Å². The van der Waals surface area contributed by atoms with Gasteiger partial charge in [0.15, 0.2) is 0 Å². The Morgan fingerprint density at radius 3 is 2.85 bits per heavy atom. The SMILES string of the molecule is CC(C)n1ccc2ccc(C(=O)NC[C@@H]3CCCN4CCCC[C@H]34)cc21. The zero-order chi connectivity index (χ0) is 18.1. The highest BCUT2D eigenvalue weighted by Crippen LogP contribution is 2.30. The van der Waals surface area contributed by atoms with Crippen LogP contribution in [0.3, 0.4) is 0 Å². The smallest absolute Gasteiger partial charge is 0.251 e. The minimum atomic E-state index is 0.0661. The van der Waals surface area contributed by atoms with Gasteiger partial charge in [-0.25, -0.2) is 0 Å². The van der Waals surface area contributed by atoms with E-state index in [0.29, 0.717) is 18.0 Å². The van der Waals surface area contributed by atoms with Crippen LogP contribution in [0.15, 0.2) is 30.5 Å². The molecule has 4 rings (SSSR count). The van der Waals surface area contributed by atoms with E-state index < -0.39 is 0 Å². The Hall–Kier alpha value is -1.81. The largest absolute Gasteiger partial charge is 0.352 e. The van der Waals surface area contributed by atoms with Gasteiger partial charge in [0.05, 0.1) is 0 Å². The Kier molecular flexibility index (Phi) is 5.03. The van der Waals surface area contributed by atoms with E-state index in [4.69, 9.17) is 0 Å². The van der Waals surface area contributed by atoms with E-state index in [1.807, 2.05) is 12.1 Å². The van der Waals surface area contributed by atoms with E-state index >= 15 is 0 Å². The third kappa shape index (κ3) is 3.39. The van der Waals surface area contributed by atoms with Crippen molar-refractivity contribution in [1.82, 2.24) is 14.8 Å². The predicted octanol–water partition coefficient (Wildman–Crippen LogP) is 4.22. The van der Waals surface area contributed by atoms with Crippen LogP contribution in [0.25, 0.3) is 10.9 Å². The van der Waals surface area contributed by atoms with Crippen molar-refractivity contribution in [2.75, 3.05) is 19.6 Å². The summed E-state index contributed by atoms with van der Waals surface area (Å²) in [7, 11) is 0. The molecule has 140 valence electrons. The van der Waals surface area contributed by atoms with E-state index in [-0.39, 0.29) is 5.91 Å². The van der Waals surface area contributed by atoms with Crippen LogP contribution in [0, 0.1) is 5.92 Å². The number of nitrogens with zero attached hydrogens (tertiary/aromatic N) is 2. The molecular weight excluding hydrogens is 322 g/mol. The van der Waals surface area contributed by atoms with Gasteiger partial charge in [0.2, 0.25) is 0 Å². The number of hydrogen-bond acceptors (Lipinski definition) is 2. The molecule has 2 aliphatic heterocycles. The van der Waals surface area contributed by atoms with Crippen LogP contribution in [0.4, 0.5) is 0 Å². The number of fused-ring (bicyclic) bond motifs is 2. The molecule has 2 fully saturated rings. The Labute approximate surface area is 156 Å². The summed E-state index contributed by atoms with van der Waals surface area (Å²) in [5, 5.41) is 4.43. The number of carbonyl (C=O) groups excluding carboxylic acids is 1. The van der Waals surface area contributed by atoms with E-state index in [9.17, 15) is 4.79 Å². The van der Waals surface area contributed by atoms with Crippen LogP contribution >= 0.6 is 0 Å². The number of aromatic nitrogens is 1. The maximum absolute atomic E-state index is 12.8. The van der Waals surface area contributed by atoms with Gasteiger partial charge in [-0.2, -0.15) is 0 Å². The second-order valence-corrected chi connectivity index (χ2v) is 8.30. The van der Waals surface area contributed by atoms with Crippen molar-refractivity contribution in [3.05, 3.63) is 36.0 Å². The fraction of sp³-hybridized carbons (Fsp3) is 0.591. The molecule has 0 saturated carbocycles. The van der Waals surface area contributed by atoms with Crippen molar-refractivity contribution in [1.29, 1.82) is 0 Å². The first-order valence-corrected chi connectivity index (χ1v) is 10.3. The molecule has 4 heteroatoms. The lowest BCUT2D eigenvalue weighted by atomic mass is 9.83. The molecule has 26 heavy (non-hydrogen) atoms. The first kappa shape index (κ1) is 17.6. The van der Waals surface area contributed by atoms with Crippen molar-refractivity contribution in [2.45, 2.75) is 58.0 Å². The molecule has 0 spiro atoms. The van der Waals surface area contributed by atoms with Gasteiger partial charge in [-0.15, -0.1) is 0 Å². The molecular formula is C22H31N3O. The average molecular weight is 354 g/mol. The molecule has 0 aliphatic carbocycles. The monoisotopic (exact) mass is 353 g/mol. The summed E-state index contributed by atoms with van der Waals surface area (Å²) >= 11 is 0. The number of carbonyl (C=O) groups is 1. The number of benzene rings is 1. The predicted molar refractivity (Wildman–Crippen MR) is 107 cm³/mol. The molecule has 1 aromatic heterocycles. The van der Waals surface area contributed by atoms with E-state index in [0.717, 1.165) is 17.6 Å². The molecule has 2 aliphatic rings. The van der Waals surface area contributed by atoms with Gasteiger partial charge in [-0.05, 0) is 82.1 Å². The quantitative estimate of drug-likeness (QED) is 0.894. The Morgan fingerprint density at radius 1 is 1.15 bits per heavy atom. The molecule has 1 aromatic carbocycles. The maximum Gasteiger partial charge on any atom is 0.251 e. The molecule has 4 nitrogen and oxygen atoms in total. The number of amides is 1. The van der Waals surface area contributed by atoms with Gasteiger partial charge >= 0.3 is 0 Å². The van der Waals surface area contributed by atoms with Crippen LogP contribution in [-0.4, -0.2) is 41.1 Å². The second-order valence-electron chi connectivity index (χ2n) is 8.30. The van der Waals surface area contributed by atoms with Gasteiger partial charge in [0, 0.05) is 35.9 Å². The number of nitrogens with one attached hydrogen (secondary N) is 1. The van der Waals surface area contributed by atoms with Crippen LogP contribution in [0.1, 0.15) is 62.4 Å². The first-order valence-electron chi connectivity index (χ1n) is 10.3. The van der Waals surface area contributed by atoms with Crippen molar-refractivity contribution >= 4 is 16.8 Å². The summed E-state index contributed by atoms with van der Waals surface area (Å²) in [6.45, 7) is 7.65. The highest BCUT2D eigenvalue weighted by atomic mass is 16.1. The molecule has 2 saturated heterocycles. The number of hydrogen-bond donors (Lipinski definition) is 1. The number of rotatable bonds is 4. The van der Waals surface area contributed by atoms with Crippen molar-refractivity contribution < 1.29 is 4.79 Å². The lowest BCUT2D eigenvalue weighted by Crippen LogP contribution is -2.51. The Bertz CT molecular complexity index is 777. The third-order valence-electron chi connectivity index (χ3n) is 6.30. The zero-order valence-electron chi connectivity index (χ0n) is 16.1. The second kappa shape index (κ2) is 7.43. The molecule has 1 amide bonds. The molecule has 0 radical (unpaired) electrons. The lowest BCUT2D eigenvalue weighted by Gasteiger charge is -2.44. The van der Waals surface area contributed by atoms with Crippen LogP contribution in [0.5, 0.6) is 0 Å². The number of piperidine rings is 2. The van der Waals surface area contributed by atoms with Gasteiger partial charge in [-0.3, -0.25) is 4.79 Å². The zero-order valence-corrected chi connectivity index (χ0v) is 16.1. The van der Waals surface area contributed by atoms with Crippen molar-refractivity contribution in [3.8, 4) is 0 Å². The molecule has 2 aromatic rings. The normalized spacial score (nSPS) is 24.0. The van der Waals surface area contributed by atoms with E-state index in [2.05, 4.69) is 47.0 Å². The topological polar surface area (TPSA) is 37.3 Å². The average Bonchev–Trinajstić information content (AvgIpc) is 3.09. The fourth-order valence-corrected chi connectivity index (χ4v) is 4.88. The van der Waals surface area contributed by atoms with E-state index in [1.165, 1.54) is 50.6 Å². The highest BCUT2D eigenvalue weighted by molar-refractivity contribution is 5.98. The summed E-state index contributed by atoms with van der Waals surface area (Å²) in [6.07, 6.45) is 8.60. The summed E-state index contributed by atoms with van der Waals surface area (Å²) in [6, 6.07) is 9.25. The minimum Gasteiger partial charge on any atom is -0.352 e. The van der Waals surface area contributed by atoms with Crippen LogP contribution in [-0.2, 0) is 0 Å². The van der Waals surface area contributed by atoms with Crippen LogP contribution < -0.4 is 5.32 Å². The standard InChI is InChI=1S/C22H31N3O/c1-16(2)25-13-10-17-8-9-18(14-21(17)25)22(26)23-15-19-6-5-12-24-11-4-3-7-20(19)24/h8-10,13-14,16,19-20H,3-7,11-12,15H2,1-2H3,(H,23,26)/t19-,20+/m0/s1. The van der Waals surface area contributed by atoms with Crippen molar-refractivity contribution in [3.63, 3.8) is 0 Å². The van der Waals surface area contributed by atoms with Gasteiger partial charge in [0.25, 0.3) is 5.91 Å². The van der Waals surface area contributed by atoms with Crippen LogP contribution in [0.2, 0.25) is 0 Å². The Morgan fingerprint density at radius 2 is 2.00 bits per heavy atom. The summed E-state index contributed by atoms with van der Waals surface area (Å²) in [4.78, 5) is 15.4. The molecule has 1 N–H and O–H groups in total. The molecule has 3 heterocycles. The third-order valence-corrected chi connectivity index (χ3v) is 6.30. The van der Waals surface area contributed by atoms with E-state index in [1.54, 1.807) is 0 Å². The molecule has 2 atom stereocenters. The van der Waals surface area contributed by atoms with Gasteiger partial charge in [0.1, 0.15) is 0 Å². The lowest BCUT2D eigenvalue weighted by molar-refractivity contribution is 0.0575. The molecule has 0 unspecified atom stereocenters. The minimum absolute atomic E-state index is 0.0661. The summed E-state index contributed by atoms with van der Waals surface area (Å²) < 4.78 is 2.23. The first-order chi connectivity index (χ1) is 12.6. The molecule has 0 bridgehead atoms. The Balaban J connectivity index is 1.44.